The SMILES string of the molecule is CC(C)(C)[C@H](Nc1nc(-c2cnccn2)cs1)C(=O)N1C[C@@]2(C[C@H]1C(=O)NC(CC1CCC1)C(O)C(N)=O)CC2(C)C. The number of carbonyl (C=O) groups is 3. The second kappa shape index (κ2) is 11.2. The van der Waals surface area contributed by atoms with E-state index in [4.69, 9.17) is 5.73 Å². The van der Waals surface area contributed by atoms with Gasteiger partial charge in [0, 0.05) is 24.3 Å². The van der Waals surface area contributed by atoms with Gasteiger partial charge < -0.3 is 26.4 Å². The van der Waals surface area contributed by atoms with E-state index in [-0.39, 0.29) is 22.6 Å². The van der Waals surface area contributed by atoms with Gasteiger partial charge in [0.05, 0.1) is 12.2 Å². The van der Waals surface area contributed by atoms with Crippen molar-refractivity contribution in [2.24, 2.45) is 27.9 Å². The maximum absolute atomic E-state index is 14.4. The van der Waals surface area contributed by atoms with Crippen LogP contribution >= 0.6 is 11.3 Å². The molecule has 3 heterocycles. The van der Waals surface area contributed by atoms with Gasteiger partial charge in [-0.3, -0.25) is 24.4 Å². The number of nitrogens with two attached hydrogens (primary N) is 1. The van der Waals surface area contributed by atoms with Crippen LogP contribution in [-0.4, -0.2) is 73.5 Å². The number of hydrogen-bond donors (Lipinski definition) is 4. The molecule has 5 rings (SSSR count). The summed E-state index contributed by atoms with van der Waals surface area (Å²) < 4.78 is 0. The quantitative estimate of drug-likeness (QED) is 0.325. The first-order valence-corrected chi connectivity index (χ1v) is 15.7. The fourth-order valence-electron chi connectivity index (χ4n) is 6.53. The van der Waals surface area contributed by atoms with E-state index in [1.165, 1.54) is 11.3 Å². The molecule has 5 atom stereocenters. The van der Waals surface area contributed by atoms with Crippen molar-refractivity contribution in [1.82, 2.24) is 25.2 Å². The molecule has 0 bridgehead atoms. The van der Waals surface area contributed by atoms with E-state index < -0.39 is 35.6 Å². The van der Waals surface area contributed by atoms with Crippen LogP contribution in [0.1, 0.15) is 73.1 Å². The second-order valence-electron chi connectivity index (χ2n) is 14.1. The molecule has 3 aliphatic rings. The summed E-state index contributed by atoms with van der Waals surface area (Å²) in [4.78, 5) is 55.0. The minimum Gasteiger partial charge on any atom is -0.381 e. The van der Waals surface area contributed by atoms with E-state index >= 15 is 0 Å². The number of nitrogens with one attached hydrogen (secondary N) is 2. The summed E-state index contributed by atoms with van der Waals surface area (Å²) in [6.45, 7) is 10.8. The van der Waals surface area contributed by atoms with Crippen LogP contribution in [0, 0.1) is 22.2 Å². The first-order valence-electron chi connectivity index (χ1n) is 14.8. The first kappa shape index (κ1) is 30.3. The predicted octanol–water partition coefficient (Wildman–Crippen LogP) is 2.97. The number of anilines is 1. The number of rotatable bonds is 10. The van der Waals surface area contributed by atoms with E-state index in [1.54, 1.807) is 23.5 Å². The van der Waals surface area contributed by atoms with Crippen LogP contribution in [0.2, 0.25) is 0 Å². The fraction of sp³-hybridized carbons (Fsp3) is 0.667. The monoisotopic (exact) mass is 597 g/mol. The normalized spacial score (nSPS) is 25.4. The van der Waals surface area contributed by atoms with Gasteiger partial charge in [-0.15, -0.1) is 11.3 Å². The van der Waals surface area contributed by atoms with Gasteiger partial charge in [0.15, 0.2) is 11.2 Å². The largest absolute Gasteiger partial charge is 0.381 e. The number of likely N-dealkylation sites (tertiary alicyclic amines) is 1. The summed E-state index contributed by atoms with van der Waals surface area (Å²) >= 11 is 1.38. The van der Waals surface area contributed by atoms with Crippen LogP contribution < -0.4 is 16.4 Å². The molecule has 2 aromatic heterocycles. The maximum Gasteiger partial charge on any atom is 0.248 e. The molecule has 0 radical (unpaired) electrons. The summed E-state index contributed by atoms with van der Waals surface area (Å²) in [5.74, 6) is -1.05. The van der Waals surface area contributed by atoms with Crippen LogP contribution in [0.15, 0.2) is 24.0 Å². The van der Waals surface area contributed by atoms with Crippen LogP contribution in [0.4, 0.5) is 5.13 Å². The lowest BCUT2D eigenvalue weighted by atomic mass is 9.79. The third kappa shape index (κ3) is 6.01. The van der Waals surface area contributed by atoms with Gasteiger partial charge in [-0.1, -0.05) is 53.9 Å². The Morgan fingerprint density at radius 2 is 1.93 bits per heavy atom. The zero-order valence-corrected chi connectivity index (χ0v) is 25.9. The summed E-state index contributed by atoms with van der Waals surface area (Å²) in [6, 6.07) is -2.17. The Morgan fingerprint density at radius 1 is 1.21 bits per heavy atom. The summed E-state index contributed by atoms with van der Waals surface area (Å²) in [6.07, 6.45) is 8.40. The highest BCUT2D eigenvalue weighted by molar-refractivity contribution is 7.14. The van der Waals surface area contributed by atoms with Crippen LogP contribution in [-0.2, 0) is 14.4 Å². The molecule has 5 N–H and O–H groups in total. The highest BCUT2D eigenvalue weighted by Crippen LogP contribution is 2.69. The number of aliphatic hydroxyl groups is 1. The average molecular weight is 598 g/mol. The molecule has 11 nitrogen and oxygen atoms in total. The number of hydrogen-bond acceptors (Lipinski definition) is 9. The van der Waals surface area contributed by atoms with Crippen molar-refractivity contribution in [3.63, 3.8) is 0 Å². The minimum absolute atomic E-state index is 0.00418. The molecular formula is C30H43N7O4S. The molecule has 228 valence electrons. The summed E-state index contributed by atoms with van der Waals surface area (Å²) in [5, 5.41) is 19.3. The van der Waals surface area contributed by atoms with Gasteiger partial charge in [0.25, 0.3) is 0 Å². The van der Waals surface area contributed by atoms with Crippen molar-refractivity contribution < 1.29 is 19.5 Å². The topological polar surface area (TPSA) is 163 Å². The van der Waals surface area contributed by atoms with Gasteiger partial charge in [0.1, 0.15) is 23.5 Å². The number of amides is 3. The molecule has 1 spiro atoms. The third-order valence-electron chi connectivity index (χ3n) is 9.63. The van der Waals surface area contributed by atoms with Gasteiger partial charge in [-0.2, -0.15) is 0 Å². The average Bonchev–Trinajstić information content (AvgIpc) is 3.27. The molecule has 12 heteroatoms. The molecule has 0 aromatic carbocycles. The molecule has 1 saturated heterocycles. The second-order valence-corrected chi connectivity index (χ2v) is 15.0. The molecule has 42 heavy (non-hydrogen) atoms. The fourth-order valence-corrected chi connectivity index (χ4v) is 7.26. The maximum atomic E-state index is 14.4. The van der Waals surface area contributed by atoms with E-state index in [0.29, 0.717) is 41.8 Å². The van der Waals surface area contributed by atoms with Gasteiger partial charge in [0.2, 0.25) is 17.7 Å². The number of thiazole rings is 1. The molecule has 1 aliphatic heterocycles. The lowest BCUT2D eigenvalue weighted by Gasteiger charge is -2.36. The Kier molecular flexibility index (Phi) is 8.08. The molecule has 2 saturated carbocycles. The minimum atomic E-state index is -1.48. The third-order valence-corrected chi connectivity index (χ3v) is 10.4. The van der Waals surface area contributed by atoms with Crippen molar-refractivity contribution in [2.75, 3.05) is 11.9 Å². The number of aliphatic hydroxyl groups excluding tert-OH is 1. The van der Waals surface area contributed by atoms with Crippen LogP contribution in [0.3, 0.4) is 0 Å². The zero-order chi connectivity index (χ0) is 30.4. The highest BCUT2D eigenvalue weighted by atomic mass is 32.1. The van der Waals surface area contributed by atoms with Gasteiger partial charge >= 0.3 is 0 Å². The smallest absolute Gasteiger partial charge is 0.248 e. The van der Waals surface area contributed by atoms with E-state index in [2.05, 4.69) is 39.4 Å². The van der Waals surface area contributed by atoms with Crippen LogP contribution in [0.5, 0.6) is 0 Å². The van der Waals surface area contributed by atoms with E-state index in [9.17, 15) is 19.5 Å². The Balaban J connectivity index is 1.38. The molecule has 3 fully saturated rings. The van der Waals surface area contributed by atoms with E-state index in [1.807, 2.05) is 26.2 Å². The van der Waals surface area contributed by atoms with Crippen LogP contribution in [0.25, 0.3) is 11.4 Å². The van der Waals surface area contributed by atoms with Gasteiger partial charge in [-0.25, -0.2) is 4.98 Å². The standard InChI is InChI=1S/C30H43N7O4S/c1-28(2,3)23(36-27-35-20(14-42-27)19-13-32-9-10-33-19)26(41)37-16-30(15-29(30,4)5)12-21(37)25(40)34-18(22(38)24(31)39)11-17-7-6-8-17/h9-10,13-14,17-18,21-23,38H,6-8,11-12,15-16H2,1-5H3,(H2,31,39)(H,34,40)(H,35,36)/t18?,21-,22?,23+,30+/m0/s1. The summed E-state index contributed by atoms with van der Waals surface area (Å²) in [7, 11) is 0. The molecule has 2 aliphatic carbocycles. The zero-order valence-electron chi connectivity index (χ0n) is 25.1. The number of primary amides is 1. The Labute approximate surface area is 251 Å². The molecule has 2 unspecified atom stereocenters. The van der Waals surface area contributed by atoms with Crippen molar-refractivity contribution in [2.45, 2.75) is 97.4 Å². The van der Waals surface area contributed by atoms with Gasteiger partial charge in [-0.05, 0) is 41.4 Å². The molecular weight excluding hydrogens is 554 g/mol. The van der Waals surface area contributed by atoms with Crippen molar-refractivity contribution in [3.05, 3.63) is 24.0 Å². The van der Waals surface area contributed by atoms with Crippen molar-refractivity contribution in [3.8, 4) is 11.4 Å². The van der Waals surface area contributed by atoms with E-state index in [0.717, 1.165) is 25.7 Å². The Morgan fingerprint density at radius 3 is 2.48 bits per heavy atom. The lowest BCUT2D eigenvalue weighted by molar-refractivity contribution is -0.142. The number of aromatic nitrogens is 3. The highest BCUT2D eigenvalue weighted by Gasteiger charge is 2.67. The Bertz CT molecular complexity index is 1320. The number of nitrogens with zero attached hydrogens (tertiary/aromatic N) is 4. The first-order chi connectivity index (χ1) is 19.7. The molecule has 3 amide bonds. The molecule has 2 aromatic rings. The number of carbonyl (C=O) groups excluding carboxylic acids is 3. The Hall–Kier alpha value is -3.12. The lowest BCUT2D eigenvalue weighted by Crippen LogP contribution is -2.57. The van der Waals surface area contributed by atoms with Crippen molar-refractivity contribution in [1.29, 1.82) is 0 Å². The van der Waals surface area contributed by atoms with Crippen molar-refractivity contribution >= 4 is 34.2 Å². The summed E-state index contributed by atoms with van der Waals surface area (Å²) in [5.41, 5.74) is 6.10. The predicted molar refractivity (Wildman–Crippen MR) is 160 cm³/mol.